The molecule has 2 aromatic heterocycles. The van der Waals surface area contributed by atoms with Crippen molar-refractivity contribution in [3.8, 4) is 0 Å². The Labute approximate surface area is 138 Å². The second kappa shape index (κ2) is 6.99. The molecular weight excluding hydrogens is 309 g/mol. The Morgan fingerprint density at radius 3 is 2.88 bits per heavy atom. The average molecular weight is 325 g/mol. The number of carbonyl (C=O) groups is 1. The summed E-state index contributed by atoms with van der Waals surface area (Å²) >= 11 is 0. The first-order chi connectivity index (χ1) is 11.6. The summed E-state index contributed by atoms with van der Waals surface area (Å²) in [6, 6.07) is 9.77. The third-order valence-electron chi connectivity index (χ3n) is 3.67. The number of amides is 1. The standard InChI is InChI=1S/C17H16FN5O/c1-12(14-6-2-3-7-15(14)18)23-11-16(21-22-23)17(24)20-10-13-5-4-8-19-9-13/h2-9,11-12H,10H2,1H3,(H,20,24)/t12-/m0/s1. The Hall–Kier alpha value is -3.09. The van der Waals surface area contributed by atoms with Crippen molar-refractivity contribution in [2.24, 2.45) is 0 Å². The van der Waals surface area contributed by atoms with Crippen LogP contribution in [0.4, 0.5) is 4.39 Å². The summed E-state index contributed by atoms with van der Waals surface area (Å²) in [7, 11) is 0. The number of rotatable bonds is 5. The molecule has 24 heavy (non-hydrogen) atoms. The molecule has 3 aromatic rings. The van der Waals surface area contributed by atoms with Gasteiger partial charge in [0.15, 0.2) is 5.69 Å². The van der Waals surface area contributed by atoms with Crippen LogP contribution in [0, 0.1) is 5.82 Å². The molecule has 0 aliphatic heterocycles. The molecule has 0 aliphatic rings. The topological polar surface area (TPSA) is 72.7 Å². The maximum atomic E-state index is 13.9. The zero-order chi connectivity index (χ0) is 16.9. The SMILES string of the molecule is C[C@@H](c1ccccc1F)n1cc(C(=O)NCc2cccnc2)nn1. The number of nitrogens with one attached hydrogen (secondary N) is 1. The van der Waals surface area contributed by atoms with Crippen LogP contribution >= 0.6 is 0 Å². The maximum Gasteiger partial charge on any atom is 0.273 e. The van der Waals surface area contributed by atoms with E-state index in [-0.39, 0.29) is 23.5 Å². The number of nitrogens with zero attached hydrogens (tertiary/aromatic N) is 4. The smallest absolute Gasteiger partial charge is 0.273 e. The third-order valence-corrected chi connectivity index (χ3v) is 3.67. The molecule has 7 heteroatoms. The molecule has 1 aromatic carbocycles. The zero-order valence-electron chi connectivity index (χ0n) is 13.1. The highest BCUT2D eigenvalue weighted by Crippen LogP contribution is 2.19. The van der Waals surface area contributed by atoms with E-state index in [1.54, 1.807) is 43.6 Å². The number of aromatic nitrogens is 4. The van der Waals surface area contributed by atoms with Crippen LogP contribution in [-0.4, -0.2) is 25.9 Å². The van der Waals surface area contributed by atoms with Gasteiger partial charge in [0.1, 0.15) is 5.82 Å². The number of hydrogen-bond donors (Lipinski definition) is 1. The highest BCUT2D eigenvalue weighted by Gasteiger charge is 2.16. The minimum atomic E-state index is -0.362. The Morgan fingerprint density at radius 2 is 2.12 bits per heavy atom. The van der Waals surface area contributed by atoms with Gasteiger partial charge < -0.3 is 5.32 Å². The predicted molar refractivity (Wildman–Crippen MR) is 85.6 cm³/mol. The summed E-state index contributed by atoms with van der Waals surface area (Å²) in [5, 5.41) is 10.6. The molecule has 2 heterocycles. The molecule has 0 unspecified atom stereocenters. The van der Waals surface area contributed by atoms with Gasteiger partial charge in [-0.1, -0.05) is 29.5 Å². The molecule has 0 bridgehead atoms. The van der Waals surface area contributed by atoms with Crippen LogP contribution < -0.4 is 5.32 Å². The summed E-state index contributed by atoms with van der Waals surface area (Å²) in [5.41, 5.74) is 1.56. The normalized spacial score (nSPS) is 11.9. The second-order valence-corrected chi connectivity index (χ2v) is 5.33. The quantitative estimate of drug-likeness (QED) is 0.781. The van der Waals surface area contributed by atoms with Gasteiger partial charge in [0.05, 0.1) is 12.2 Å². The van der Waals surface area contributed by atoms with E-state index in [2.05, 4.69) is 20.6 Å². The molecule has 0 spiro atoms. The first-order valence-electron chi connectivity index (χ1n) is 7.48. The van der Waals surface area contributed by atoms with Crippen molar-refractivity contribution in [3.05, 3.63) is 77.6 Å². The highest BCUT2D eigenvalue weighted by atomic mass is 19.1. The van der Waals surface area contributed by atoms with E-state index in [1.807, 2.05) is 6.07 Å². The molecule has 0 aliphatic carbocycles. The van der Waals surface area contributed by atoms with E-state index in [4.69, 9.17) is 0 Å². The van der Waals surface area contributed by atoms with Gasteiger partial charge in [-0.15, -0.1) is 5.10 Å². The van der Waals surface area contributed by atoms with Crippen molar-refractivity contribution in [1.82, 2.24) is 25.3 Å². The number of benzene rings is 1. The summed E-state index contributed by atoms with van der Waals surface area (Å²) in [5.74, 6) is -0.658. The summed E-state index contributed by atoms with van der Waals surface area (Å²) in [6.07, 6.45) is 4.86. The van der Waals surface area contributed by atoms with Gasteiger partial charge in [0.2, 0.25) is 0 Å². The number of pyridine rings is 1. The Kier molecular flexibility index (Phi) is 4.60. The fraction of sp³-hybridized carbons (Fsp3) is 0.176. The lowest BCUT2D eigenvalue weighted by atomic mass is 10.1. The zero-order valence-corrected chi connectivity index (χ0v) is 13.1. The van der Waals surface area contributed by atoms with Crippen LogP contribution in [0.15, 0.2) is 55.0 Å². The van der Waals surface area contributed by atoms with E-state index < -0.39 is 0 Å². The molecule has 0 saturated carbocycles. The van der Waals surface area contributed by atoms with E-state index in [1.165, 1.54) is 16.9 Å². The summed E-state index contributed by atoms with van der Waals surface area (Å²) in [6.45, 7) is 2.15. The van der Waals surface area contributed by atoms with Crippen LogP contribution in [0.1, 0.15) is 34.6 Å². The first-order valence-corrected chi connectivity index (χ1v) is 7.48. The Bertz CT molecular complexity index is 834. The molecule has 3 rings (SSSR count). The van der Waals surface area contributed by atoms with Crippen molar-refractivity contribution in [2.75, 3.05) is 0 Å². The Morgan fingerprint density at radius 1 is 1.29 bits per heavy atom. The van der Waals surface area contributed by atoms with Crippen molar-refractivity contribution in [1.29, 1.82) is 0 Å². The highest BCUT2D eigenvalue weighted by molar-refractivity contribution is 5.91. The van der Waals surface area contributed by atoms with Gasteiger partial charge in [-0.3, -0.25) is 9.78 Å². The van der Waals surface area contributed by atoms with Crippen LogP contribution in [0.5, 0.6) is 0 Å². The van der Waals surface area contributed by atoms with E-state index in [9.17, 15) is 9.18 Å². The molecule has 6 nitrogen and oxygen atoms in total. The minimum Gasteiger partial charge on any atom is -0.346 e. The van der Waals surface area contributed by atoms with Gasteiger partial charge >= 0.3 is 0 Å². The monoisotopic (exact) mass is 325 g/mol. The van der Waals surface area contributed by atoms with Crippen molar-refractivity contribution < 1.29 is 9.18 Å². The summed E-state index contributed by atoms with van der Waals surface area (Å²) in [4.78, 5) is 16.1. The molecule has 0 fully saturated rings. The Balaban J connectivity index is 1.69. The lowest BCUT2D eigenvalue weighted by Crippen LogP contribution is -2.23. The first kappa shape index (κ1) is 15.8. The largest absolute Gasteiger partial charge is 0.346 e. The predicted octanol–water partition coefficient (Wildman–Crippen LogP) is 2.35. The van der Waals surface area contributed by atoms with Gasteiger partial charge in [-0.2, -0.15) is 0 Å². The summed E-state index contributed by atoms with van der Waals surface area (Å²) < 4.78 is 15.3. The van der Waals surface area contributed by atoms with Crippen molar-refractivity contribution in [2.45, 2.75) is 19.5 Å². The fourth-order valence-corrected chi connectivity index (χ4v) is 2.30. The van der Waals surface area contributed by atoms with Gasteiger partial charge in [-0.25, -0.2) is 9.07 Å². The minimum absolute atomic E-state index is 0.182. The molecule has 1 atom stereocenters. The van der Waals surface area contributed by atoms with E-state index in [0.717, 1.165) is 5.56 Å². The molecular formula is C17H16FN5O. The lowest BCUT2D eigenvalue weighted by Gasteiger charge is -2.12. The van der Waals surface area contributed by atoms with Crippen molar-refractivity contribution >= 4 is 5.91 Å². The van der Waals surface area contributed by atoms with Crippen molar-refractivity contribution in [3.63, 3.8) is 0 Å². The molecule has 122 valence electrons. The number of halogens is 1. The van der Waals surface area contributed by atoms with Crippen LogP contribution in [0.2, 0.25) is 0 Å². The van der Waals surface area contributed by atoms with E-state index in [0.29, 0.717) is 12.1 Å². The molecule has 0 saturated heterocycles. The number of carbonyl (C=O) groups excluding carboxylic acids is 1. The van der Waals surface area contributed by atoms with Gasteiger partial charge in [0, 0.05) is 24.5 Å². The van der Waals surface area contributed by atoms with Gasteiger partial charge in [0.25, 0.3) is 5.91 Å². The lowest BCUT2D eigenvalue weighted by molar-refractivity contribution is 0.0946. The molecule has 1 amide bonds. The molecule has 0 radical (unpaired) electrons. The van der Waals surface area contributed by atoms with Crippen LogP contribution in [0.3, 0.4) is 0 Å². The van der Waals surface area contributed by atoms with E-state index >= 15 is 0 Å². The second-order valence-electron chi connectivity index (χ2n) is 5.33. The average Bonchev–Trinajstić information content (AvgIpc) is 3.10. The van der Waals surface area contributed by atoms with Gasteiger partial charge in [-0.05, 0) is 24.6 Å². The maximum absolute atomic E-state index is 13.9. The fourth-order valence-electron chi connectivity index (χ4n) is 2.30. The third kappa shape index (κ3) is 3.45. The molecule has 1 N–H and O–H groups in total. The van der Waals surface area contributed by atoms with Crippen LogP contribution in [-0.2, 0) is 6.54 Å². The number of hydrogen-bond acceptors (Lipinski definition) is 4. The van der Waals surface area contributed by atoms with Crippen LogP contribution in [0.25, 0.3) is 0 Å².